The van der Waals surface area contributed by atoms with Crippen LogP contribution >= 0.6 is 0 Å². The maximum absolute atomic E-state index is 10.4. The van der Waals surface area contributed by atoms with Gasteiger partial charge in [-0.25, -0.2) is 25.3 Å². The SMILES string of the molecule is CCCCCCCCCCCCCCS(=O)(=O)[O-].CCCCCCCCCCCCCCS(=O)(=O)[O-].CCCCCCCCCCCCCCS(=O)(=O)[O-].[Sc+3]. The third-order valence-electron chi connectivity index (χ3n) is 9.74. The molecule has 0 saturated carbocycles. The summed E-state index contributed by atoms with van der Waals surface area (Å²) in [5.74, 6) is -0.570. The Morgan fingerprint density at radius 3 is 0.455 bits per heavy atom. The van der Waals surface area contributed by atoms with Crippen molar-refractivity contribution < 1.29 is 64.8 Å². The summed E-state index contributed by atoms with van der Waals surface area (Å²) in [7, 11) is -12.0. The molecule has 0 aliphatic heterocycles. The van der Waals surface area contributed by atoms with Crippen molar-refractivity contribution in [1.29, 1.82) is 0 Å². The molecule has 0 heterocycles. The zero-order valence-corrected chi connectivity index (χ0v) is 40.3. The maximum Gasteiger partial charge on any atom is 3.00 e. The molecule has 0 aliphatic rings. The second kappa shape index (κ2) is 47.3. The molecule has 0 rings (SSSR count). The van der Waals surface area contributed by atoms with Crippen LogP contribution in [0.25, 0.3) is 0 Å². The molecule has 0 saturated heterocycles. The van der Waals surface area contributed by atoms with Crippen molar-refractivity contribution in [3.63, 3.8) is 0 Å². The van der Waals surface area contributed by atoms with Crippen LogP contribution in [0.4, 0.5) is 0 Å². The Bertz CT molecular complexity index is 921. The average Bonchev–Trinajstić information content (AvgIpc) is 3.09. The van der Waals surface area contributed by atoms with Gasteiger partial charge >= 0.3 is 25.8 Å². The first-order valence-electron chi connectivity index (χ1n) is 22.5. The molecule has 13 heteroatoms. The van der Waals surface area contributed by atoms with Gasteiger partial charge in [0, 0.05) is 17.3 Å². The van der Waals surface area contributed by atoms with Crippen LogP contribution in [0.2, 0.25) is 0 Å². The summed E-state index contributed by atoms with van der Waals surface area (Å²) < 4.78 is 93.2. The molecule has 0 aliphatic carbocycles. The van der Waals surface area contributed by atoms with Gasteiger partial charge in [-0.15, -0.1) is 0 Å². The number of unbranched alkanes of at least 4 members (excludes halogenated alkanes) is 33. The van der Waals surface area contributed by atoms with Crippen molar-refractivity contribution in [3.8, 4) is 0 Å². The molecule has 9 nitrogen and oxygen atoms in total. The van der Waals surface area contributed by atoms with Crippen molar-refractivity contribution >= 4 is 30.4 Å². The summed E-state index contributed by atoms with van der Waals surface area (Å²) in [4.78, 5) is 0. The molecule has 55 heavy (non-hydrogen) atoms. The minimum absolute atomic E-state index is 0. The molecule has 0 aromatic rings. The molecule has 0 fully saturated rings. The standard InChI is InChI=1S/3C14H30O3S.Sc/c3*1-2-3-4-5-6-7-8-9-10-11-12-13-14-18(15,16)17;/h3*2-14H2,1H3,(H,15,16,17);/q;;;+3/p-3. The fourth-order valence-corrected chi connectivity index (χ4v) is 8.03. The van der Waals surface area contributed by atoms with Crippen LogP contribution in [-0.2, 0) is 56.2 Å². The van der Waals surface area contributed by atoms with Gasteiger partial charge in [-0.05, 0) is 19.3 Å². The Kier molecular flexibility index (Phi) is 53.5. The molecule has 0 bridgehead atoms. The minimum Gasteiger partial charge on any atom is -0.748 e. The molecular formula is C42H87O9S3Sc. The van der Waals surface area contributed by atoms with Crippen LogP contribution in [-0.4, -0.2) is 56.2 Å². The quantitative estimate of drug-likeness (QED) is 0.0430. The second-order valence-corrected chi connectivity index (χ2v) is 20.0. The average molecular weight is 877 g/mol. The van der Waals surface area contributed by atoms with E-state index in [4.69, 9.17) is 0 Å². The van der Waals surface area contributed by atoms with E-state index >= 15 is 0 Å². The Hall–Kier alpha value is 0.600. The third-order valence-corrected chi connectivity index (χ3v) is 12.1. The number of rotatable bonds is 39. The van der Waals surface area contributed by atoms with Crippen molar-refractivity contribution in [3.05, 3.63) is 0 Å². The van der Waals surface area contributed by atoms with Crippen LogP contribution in [0.5, 0.6) is 0 Å². The van der Waals surface area contributed by atoms with Gasteiger partial charge in [0.2, 0.25) is 0 Å². The molecule has 0 N–H and O–H groups in total. The molecule has 0 amide bonds. The molecule has 0 unspecified atom stereocenters. The van der Waals surface area contributed by atoms with E-state index in [1.807, 2.05) is 0 Å². The Balaban J connectivity index is -0.000000351. The van der Waals surface area contributed by atoms with Crippen LogP contribution in [0.3, 0.4) is 0 Å². The Morgan fingerprint density at radius 1 is 0.236 bits per heavy atom. The van der Waals surface area contributed by atoms with Crippen LogP contribution in [0, 0.1) is 0 Å². The van der Waals surface area contributed by atoms with Gasteiger partial charge < -0.3 is 13.7 Å². The van der Waals surface area contributed by atoms with Gasteiger partial charge in [0.15, 0.2) is 0 Å². The first kappa shape index (κ1) is 62.3. The van der Waals surface area contributed by atoms with E-state index in [1.165, 1.54) is 173 Å². The molecule has 0 aromatic carbocycles. The number of hydrogen-bond acceptors (Lipinski definition) is 9. The van der Waals surface area contributed by atoms with Crippen molar-refractivity contribution in [2.24, 2.45) is 0 Å². The normalized spacial score (nSPS) is 11.7. The zero-order chi connectivity index (χ0) is 41.1. The maximum atomic E-state index is 10.4. The van der Waals surface area contributed by atoms with Crippen LogP contribution in [0.15, 0.2) is 0 Å². The fraction of sp³-hybridized carbons (Fsp3) is 1.00. The molecular weight excluding hydrogens is 790 g/mol. The van der Waals surface area contributed by atoms with Crippen LogP contribution in [0.1, 0.15) is 252 Å². The summed E-state index contributed by atoms with van der Waals surface area (Å²) in [6, 6.07) is 0. The second-order valence-electron chi connectivity index (χ2n) is 15.5. The summed E-state index contributed by atoms with van der Waals surface area (Å²) in [5, 5.41) is 0. The van der Waals surface area contributed by atoms with E-state index < -0.39 is 30.4 Å². The molecule has 330 valence electrons. The van der Waals surface area contributed by atoms with Crippen molar-refractivity contribution in [1.82, 2.24) is 0 Å². The predicted octanol–water partition coefficient (Wildman–Crippen LogP) is 12.7. The van der Waals surface area contributed by atoms with Gasteiger partial charge in [0.05, 0.1) is 30.4 Å². The van der Waals surface area contributed by atoms with Crippen molar-refractivity contribution in [2.75, 3.05) is 17.3 Å². The van der Waals surface area contributed by atoms with E-state index in [-0.39, 0.29) is 43.1 Å². The first-order valence-corrected chi connectivity index (χ1v) is 27.2. The first-order chi connectivity index (χ1) is 25.7. The van der Waals surface area contributed by atoms with E-state index in [1.54, 1.807) is 0 Å². The molecule has 0 radical (unpaired) electrons. The van der Waals surface area contributed by atoms with Crippen LogP contribution < -0.4 is 0 Å². The summed E-state index contributed by atoms with van der Waals surface area (Å²) in [6.07, 6.45) is 42.9. The topological polar surface area (TPSA) is 172 Å². The molecule has 0 spiro atoms. The largest absolute Gasteiger partial charge is 3.00 e. The summed E-state index contributed by atoms with van der Waals surface area (Å²) in [6.45, 7) is 6.70. The Morgan fingerprint density at radius 2 is 0.345 bits per heavy atom. The zero-order valence-electron chi connectivity index (χ0n) is 36.1. The summed E-state index contributed by atoms with van der Waals surface area (Å²) >= 11 is 0. The van der Waals surface area contributed by atoms with E-state index in [0.29, 0.717) is 19.3 Å². The van der Waals surface area contributed by atoms with Gasteiger partial charge in [-0.1, -0.05) is 233 Å². The minimum atomic E-state index is -3.99. The van der Waals surface area contributed by atoms with E-state index in [0.717, 1.165) is 38.5 Å². The van der Waals surface area contributed by atoms with Gasteiger partial charge in [-0.3, -0.25) is 0 Å². The monoisotopic (exact) mass is 877 g/mol. The predicted molar refractivity (Wildman–Crippen MR) is 227 cm³/mol. The van der Waals surface area contributed by atoms with Gasteiger partial charge in [0.1, 0.15) is 0 Å². The number of hydrogen-bond donors (Lipinski definition) is 0. The third kappa shape index (κ3) is 72.6. The Labute approximate surface area is 362 Å². The molecule has 0 aromatic heterocycles. The smallest absolute Gasteiger partial charge is 0.748 e. The van der Waals surface area contributed by atoms with Crippen molar-refractivity contribution in [2.45, 2.75) is 252 Å². The molecule has 0 atom stereocenters. The van der Waals surface area contributed by atoms with E-state index in [9.17, 15) is 38.9 Å². The van der Waals surface area contributed by atoms with E-state index in [2.05, 4.69) is 20.8 Å². The summed E-state index contributed by atoms with van der Waals surface area (Å²) in [5.41, 5.74) is 0. The van der Waals surface area contributed by atoms with Gasteiger partial charge in [-0.2, -0.15) is 0 Å². The van der Waals surface area contributed by atoms with Gasteiger partial charge in [0.25, 0.3) is 0 Å². The fourth-order valence-electron chi connectivity index (χ4n) is 6.36.